The summed E-state index contributed by atoms with van der Waals surface area (Å²) in [4.78, 5) is 0. The average Bonchev–Trinajstić information content (AvgIpc) is 2.73. The highest BCUT2D eigenvalue weighted by Crippen LogP contribution is 2.14. The maximum Gasteiger partial charge on any atom is 0.240 e. The molecule has 0 saturated carbocycles. The van der Waals surface area contributed by atoms with E-state index in [9.17, 15) is 0 Å². The van der Waals surface area contributed by atoms with E-state index in [4.69, 9.17) is 5.73 Å². The van der Waals surface area contributed by atoms with Crippen LogP contribution in [0.25, 0.3) is 0 Å². The number of nitrogens with zero attached hydrogens (tertiary/aromatic N) is 7. The minimum atomic E-state index is -0.127. The monoisotopic (exact) mass is 194 g/mol. The highest BCUT2D eigenvalue weighted by atomic mass is 15.6. The van der Waals surface area contributed by atoms with Crippen molar-refractivity contribution in [3.05, 3.63) is 12.2 Å². The largest absolute Gasteiger partial charge is 0.367 e. The molecule has 0 aliphatic carbocycles. The molecule has 2 aromatic heterocycles. The predicted octanol–water partition coefficient (Wildman–Crippen LogP) is -1.01. The molecule has 8 nitrogen and oxygen atoms in total. The second-order valence-electron chi connectivity index (χ2n) is 2.96. The van der Waals surface area contributed by atoms with Gasteiger partial charge in [-0.15, -0.1) is 10.2 Å². The number of aromatic nitrogens is 7. The Morgan fingerprint density at radius 3 is 2.71 bits per heavy atom. The molecule has 1 atom stereocenters. The van der Waals surface area contributed by atoms with E-state index in [1.54, 1.807) is 10.9 Å². The molecule has 1 unspecified atom stereocenters. The fourth-order valence-electron chi connectivity index (χ4n) is 1.26. The molecule has 0 amide bonds. The first kappa shape index (κ1) is 8.60. The molecule has 0 saturated heterocycles. The van der Waals surface area contributed by atoms with Crippen molar-refractivity contribution in [3.8, 4) is 0 Å². The van der Waals surface area contributed by atoms with Crippen LogP contribution in [-0.2, 0) is 7.05 Å². The summed E-state index contributed by atoms with van der Waals surface area (Å²) < 4.78 is 3.29. The molecule has 0 spiro atoms. The minimum Gasteiger partial charge on any atom is -0.367 e. The number of tetrazole rings is 1. The van der Waals surface area contributed by atoms with Crippen molar-refractivity contribution < 1.29 is 0 Å². The van der Waals surface area contributed by atoms with E-state index in [-0.39, 0.29) is 12.0 Å². The lowest BCUT2D eigenvalue weighted by Gasteiger charge is -2.09. The molecule has 0 radical (unpaired) electrons. The van der Waals surface area contributed by atoms with Crippen LogP contribution in [0.15, 0.2) is 6.33 Å². The highest BCUT2D eigenvalue weighted by molar-refractivity contribution is 5.14. The lowest BCUT2D eigenvalue weighted by Crippen LogP contribution is -2.15. The number of nitrogen functional groups attached to an aromatic ring is 1. The molecule has 14 heavy (non-hydrogen) atoms. The first-order valence-electron chi connectivity index (χ1n) is 4.07. The van der Waals surface area contributed by atoms with Crippen LogP contribution in [-0.4, -0.2) is 35.0 Å². The third kappa shape index (κ3) is 1.20. The van der Waals surface area contributed by atoms with E-state index in [0.29, 0.717) is 0 Å². The van der Waals surface area contributed by atoms with Gasteiger partial charge in [-0.2, -0.15) is 0 Å². The summed E-state index contributed by atoms with van der Waals surface area (Å²) >= 11 is 0. The van der Waals surface area contributed by atoms with Gasteiger partial charge < -0.3 is 10.3 Å². The summed E-state index contributed by atoms with van der Waals surface area (Å²) in [5.41, 5.74) is 5.57. The summed E-state index contributed by atoms with van der Waals surface area (Å²) in [5, 5.41) is 18.6. The Bertz CT molecular complexity index is 388. The quantitative estimate of drug-likeness (QED) is 0.657. The molecule has 0 bridgehead atoms. The first-order valence-corrected chi connectivity index (χ1v) is 4.07. The van der Waals surface area contributed by atoms with Crippen LogP contribution < -0.4 is 5.73 Å². The molecular formula is C6H10N8. The van der Waals surface area contributed by atoms with Crippen LogP contribution >= 0.6 is 0 Å². The molecule has 2 aromatic rings. The number of aryl methyl sites for hydroxylation is 1. The second kappa shape index (κ2) is 3.05. The zero-order chi connectivity index (χ0) is 10.1. The minimum absolute atomic E-state index is 0.127. The van der Waals surface area contributed by atoms with Gasteiger partial charge in [0.1, 0.15) is 12.4 Å². The van der Waals surface area contributed by atoms with E-state index in [0.717, 1.165) is 5.82 Å². The third-order valence-electron chi connectivity index (χ3n) is 2.01. The van der Waals surface area contributed by atoms with Gasteiger partial charge in [-0.05, 0) is 17.4 Å². The average molecular weight is 194 g/mol. The molecule has 8 heteroatoms. The number of hydrogen-bond acceptors (Lipinski definition) is 6. The molecule has 0 fully saturated rings. The van der Waals surface area contributed by atoms with Gasteiger partial charge in [0.2, 0.25) is 5.95 Å². The van der Waals surface area contributed by atoms with Gasteiger partial charge in [-0.1, -0.05) is 5.10 Å². The topological polar surface area (TPSA) is 100 Å². The number of anilines is 1. The number of rotatable bonds is 2. The standard InChI is InChI=1S/C6H10N8/c1-4(5-9-8-3-13(5)2)14-6(7)10-11-12-14/h3-4H,1-2H3,(H2,7,10,12). The van der Waals surface area contributed by atoms with Crippen LogP contribution in [0.1, 0.15) is 18.8 Å². The van der Waals surface area contributed by atoms with Crippen molar-refractivity contribution in [2.45, 2.75) is 13.0 Å². The van der Waals surface area contributed by atoms with E-state index in [2.05, 4.69) is 25.7 Å². The van der Waals surface area contributed by atoms with Crippen molar-refractivity contribution in [2.75, 3.05) is 5.73 Å². The van der Waals surface area contributed by atoms with Crippen LogP contribution in [0.3, 0.4) is 0 Å². The molecule has 2 heterocycles. The maximum absolute atomic E-state index is 5.57. The van der Waals surface area contributed by atoms with Crippen LogP contribution in [0.2, 0.25) is 0 Å². The molecule has 2 rings (SSSR count). The van der Waals surface area contributed by atoms with Gasteiger partial charge in [0.05, 0.1) is 0 Å². The van der Waals surface area contributed by atoms with Crippen molar-refractivity contribution in [1.82, 2.24) is 35.0 Å². The Morgan fingerprint density at radius 1 is 1.43 bits per heavy atom. The Morgan fingerprint density at radius 2 is 2.21 bits per heavy atom. The Labute approximate surface area is 79.7 Å². The van der Waals surface area contributed by atoms with E-state index in [1.807, 2.05) is 14.0 Å². The van der Waals surface area contributed by atoms with Crippen molar-refractivity contribution >= 4 is 5.95 Å². The number of hydrogen-bond donors (Lipinski definition) is 1. The predicted molar refractivity (Wildman–Crippen MR) is 47.0 cm³/mol. The maximum atomic E-state index is 5.57. The van der Waals surface area contributed by atoms with Crippen molar-refractivity contribution in [1.29, 1.82) is 0 Å². The van der Waals surface area contributed by atoms with E-state index < -0.39 is 0 Å². The molecule has 0 aliphatic rings. The highest BCUT2D eigenvalue weighted by Gasteiger charge is 2.16. The van der Waals surface area contributed by atoms with Gasteiger partial charge in [0.15, 0.2) is 5.82 Å². The van der Waals surface area contributed by atoms with Gasteiger partial charge >= 0.3 is 0 Å². The fraction of sp³-hybridized carbons (Fsp3) is 0.500. The van der Waals surface area contributed by atoms with Crippen LogP contribution in [0.4, 0.5) is 5.95 Å². The van der Waals surface area contributed by atoms with Gasteiger partial charge in [-0.25, -0.2) is 4.68 Å². The third-order valence-corrected chi connectivity index (χ3v) is 2.01. The fourth-order valence-corrected chi connectivity index (χ4v) is 1.26. The zero-order valence-electron chi connectivity index (χ0n) is 7.86. The smallest absolute Gasteiger partial charge is 0.240 e. The SMILES string of the molecule is CC(c1nncn1C)n1nnnc1N. The summed E-state index contributed by atoms with van der Waals surface area (Å²) in [6, 6.07) is -0.127. The van der Waals surface area contributed by atoms with E-state index in [1.165, 1.54) is 4.68 Å². The van der Waals surface area contributed by atoms with Crippen LogP contribution in [0, 0.1) is 0 Å². The molecule has 2 N–H and O–H groups in total. The summed E-state index contributed by atoms with van der Waals surface area (Å²) in [7, 11) is 1.85. The summed E-state index contributed by atoms with van der Waals surface area (Å²) in [6.45, 7) is 1.90. The second-order valence-corrected chi connectivity index (χ2v) is 2.96. The van der Waals surface area contributed by atoms with Gasteiger partial charge in [0.25, 0.3) is 0 Å². The number of nitrogens with two attached hydrogens (primary N) is 1. The van der Waals surface area contributed by atoms with Gasteiger partial charge in [-0.3, -0.25) is 0 Å². The Balaban J connectivity index is 2.38. The Kier molecular flexibility index (Phi) is 1.88. The molecular weight excluding hydrogens is 184 g/mol. The summed E-state index contributed by atoms with van der Waals surface area (Å²) in [6.07, 6.45) is 1.62. The molecule has 74 valence electrons. The van der Waals surface area contributed by atoms with Gasteiger partial charge in [0, 0.05) is 7.05 Å². The molecule has 0 aliphatic heterocycles. The Hall–Kier alpha value is -1.99. The van der Waals surface area contributed by atoms with E-state index >= 15 is 0 Å². The lowest BCUT2D eigenvalue weighted by molar-refractivity contribution is 0.509. The normalized spacial score (nSPS) is 13.0. The first-order chi connectivity index (χ1) is 6.70. The van der Waals surface area contributed by atoms with Crippen molar-refractivity contribution in [3.63, 3.8) is 0 Å². The van der Waals surface area contributed by atoms with Crippen LogP contribution in [0.5, 0.6) is 0 Å². The lowest BCUT2D eigenvalue weighted by atomic mass is 10.3. The molecule has 0 aromatic carbocycles. The zero-order valence-corrected chi connectivity index (χ0v) is 7.86. The van der Waals surface area contributed by atoms with Crippen molar-refractivity contribution in [2.24, 2.45) is 7.05 Å². The summed E-state index contributed by atoms with van der Waals surface area (Å²) in [5.74, 6) is 1.02.